The van der Waals surface area contributed by atoms with E-state index < -0.39 is 0 Å². The second-order valence-corrected chi connectivity index (χ2v) is 7.51. The van der Waals surface area contributed by atoms with Gasteiger partial charge >= 0.3 is 0 Å². The van der Waals surface area contributed by atoms with Crippen molar-refractivity contribution < 1.29 is 14.3 Å². The minimum atomic E-state index is -0.0000210. The van der Waals surface area contributed by atoms with Gasteiger partial charge < -0.3 is 14.8 Å². The summed E-state index contributed by atoms with van der Waals surface area (Å²) in [6, 6.07) is 15.9. The molecule has 1 amide bonds. The lowest BCUT2D eigenvalue weighted by atomic mass is 10.1. The van der Waals surface area contributed by atoms with Gasteiger partial charge in [-0.1, -0.05) is 49.0 Å². The summed E-state index contributed by atoms with van der Waals surface area (Å²) in [5, 5.41) is 4.88. The molecule has 1 aromatic heterocycles. The molecule has 0 saturated carbocycles. The minimum absolute atomic E-state index is 0.0000210. The highest BCUT2D eigenvalue weighted by molar-refractivity contribution is 7.99. The summed E-state index contributed by atoms with van der Waals surface area (Å²) >= 11 is 1.47. The zero-order valence-corrected chi connectivity index (χ0v) is 16.6. The Morgan fingerprint density at radius 3 is 2.61 bits per heavy atom. The number of benzene rings is 2. The van der Waals surface area contributed by atoms with E-state index >= 15 is 0 Å². The number of amides is 1. The van der Waals surface area contributed by atoms with Crippen LogP contribution in [0.4, 0.5) is 0 Å². The molecular formula is C22H22N2O3S. The Labute approximate surface area is 168 Å². The molecule has 2 heterocycles. The number of aryl methyl sites for hydroxylation is 1. The van der Waals surface area contributed by atoms with E-state index in [1.165, 1.54) is 11.8 Å². The van der Waals surface area contributed by atoms with Crippen molar-refractivity contribution in [2.45, 2.75) is 24.9 Å². The molecule has 4 rings (SSSR count). The van der Waals surface area contributed by atoms with Crippen LogP contribution in [0.2, 0.25) is 0 Å². The smallest absolute Gasteiger partial charge is 0.230 e. The number of hydrogen-bond donors (Lipinski definition) is 1. The number of carbonyl (C=O) groups is 1. The van der Waals surface area contributed by atoms with Crippen LogP contribution in [0, 0.1) is 0 Å². The summed E-state index contributed by atoms with van der Waals surface area (Å²) in [5.41, 5.74) is 3.07. The molecule has 2 aromatic carbocycles. The van der Waals surface area contributed by atoms with Crippen LogP contribution in [0.1, 0.15) is 18.1 Å². The van der Waals surface area contributed by atoms with Gasteiger partial charge in [0.05, 0.1) is 11.3 Å². The molecule has 144 valence electrons. The first-order chi connectivity index (χ1) is 13.7. The lowest BCUT2D eigenvalue weighted by Crippen LogP contribution is -2.24. The summed E-state index contributed by atoms with van der Waals surface area (Å²) in [6.45, 7) is 3.75. The van der Waals surface area contributed by atoms with Crippen LogP contribution in [0.15, 0.2) is 53.6 Å². The van der Waals surface area contributed by atoms with E-state index in [9.17, 15) is 4.79 Å². The number of pyridine rings is 1. The maximum atomic E-state index is 12.2. The molecule has 0 fully saturated rings. The Hall–Kier alpha value is -2.73. The fourth-order valence-corrected chi connectivity index (χ4v) is 4.02. The van der Waals surface area contributed by atoms with E-state index in [4.69, 9.17) is 14.5 Å². The minimum Gasteiger partial charge on any atom is -0.486 e. The molecule has 0 aliphatic carbocycles. The topological polar surface area (TPSA) is 60.5 Å². The fourth-order valence-electron chi connectivity index (χ4n) is 3.10. The third-order valence-electron chi connectivity index (χ3n) is 4.57. The Morgan fingerprint density at radius 2 is 1.86 bits per heavy atom. The van der Waals surface area contributed by atoms with Crippen molar-refractivity contribution in [3.05, 3.63) is 59.7 Å². The molecule has 0 saturated heterocycles. The van der Waals surface area contributed by atoms with Gasteiger partial charge in [0.15, 0.2) is 11.5 Å². The highest BCUT2D eigenvalue weighted by Gasteiger charge is 2.15. The highest BCUT2D eigenvalue weighted by Crippen LogP contribution is 2.35. The third kappa shape index (κ3) is 4.22. The van der Waals surface area contributed by atoms with Gasteiger partial charge in [-0.15, -0.1) is 0 Å². The normalized spacial score (nSPS) is 12.8. The van der Waals surface area contributed by atoms with Crippen LogP contribution in [0.25, 0.3) is 10.9 Å². The van der Waals surface area contributed by atoms with Crippen LogP contribution in [-0.2, 0) is 17.8 Å². The number of ether oxygens (including phenoxy) is 2. The molecular weight excluding hydrogens is 372 g/mol. The molecule has 1 aliphatic heterocycles. The average molecular weight is 394 g/mol. The summed E-state index contributed by atoms with van der Waals surface area (Å²) in [7, 11) is 0. The molecule has 5 nitrogen and oxygen atoms in total. The first-order valence-corrected chi connectivity index (χ1v) is 10.4. The predicted octanol–water partition coefficient (Wildman–Crippen LogP) is 3.98. The van der Waals surface area contributed by atoms with Crippen LogP contribution < -0.4 is 14.8 Å². The standard InChI is InChI=1S/C22H22N2O3S/c1-2-16-10-17-11-19-20(27-9-8-26-19)12-18(17)24-22(16)28-14-21(25)23-13-15-6-4-3-5-7-15/h3-7,10-12H,2,8-9,13-14H2,1H3,(H,23,25). The lowest BCUT2D eigenvalue weighted by Gasteiger charge is -2.19. The zero-order valence-electron chi connectivity index (χ0n) is 15.7. The number of carbonyl (C=O) groups excluding carboxylic acids is 1. The van der Waals surface area contributed by atoms with Gasteiger partial charge in [-0.2, -0.15) is 0 Å². The van der Waals surface area contributed by atoms with Crippen LogP contribution in [0.3, 0.4) is 0 Å². The van der Waals surface area contributed by atoms with Gasteiger partial charge in [0.2, 0.25) is 5.91 Å². The van der Waals surface area contributed by atoms with E-state index in [-0.39, 0.29) is 5.91 Å². The molecule has 28 heavy (non-hydrogen) atoms. The third-order valence-corrected chi connectivity index (χ3v) is 5.60. The number of fused-ring (bicyclic) bond motifs is 2. The fraction of sp³-hybridized carbons (Fsp3) is 0.273. The number of nitrogens with one attached hydrogen (secondary N) is 1. The van der Waals surface area contributed by atoms with E-state index in [2.05, 4.69) is 18.3 Å². The van der Waals surface area contributed by atoms with Gasteiger partial charge in [0.1, 0.15) is 18.2 Å². The number of hydrogen-bond acceptors (Lipinski definition) is 5. The van der Waals surface area contributed by atoms with Crippen molar-refractivity contribution >= 4 is 28.6 Å². The molecule has 1 aliphatic rings. The monoisotopic (exact) mass is 394 g/mol. The molecule has 0 radical (unpaired) electrons. The molecule has 0 bridgehead atoms. The van der Waals surface area contributed by atoms with E-state index in [1.807, 2.05) is 42.5 Å². The van der Waals surface area contributed by atoms with Gasteiger partial charge in [-0.25, -0.2) is 4.98 Å². The van der Waals surface area contributed by atoms with Gasteiger partial charge in [0.25, 0.3) is 0 Å². The zero-order chi connectivity index (χ0) is 19.3. The number of rotatable bonds is 6. The first kappa shape index (κ1) is 18.6. The van der Waals surface area contributed by atoms with Crippen molar-refractivity contribution in [3.63, 3.8) is 0 Å². The van der Waals surface area contributed by atoms with Crippen molar-refractivity contribution in [2.75, 3.05) is 19.0 Å². The maximum Gasteiger partial charge on any atom is 0.230 e. The van der Waals surface area contributed by atoms with Crippen LogP contribution in [0.5, 0.6) is 11.5 Å². The van der Waals surface area contributed by atoms with Gasteiger partial charge in [0, 0.05) is 18.0 Å². The predicted molar refractivity (Wildman–Crippen MR) is 111 cm³/mol. The van der Waals surface area contributed by atoms with Crippen molar-refractivity contribution in [1.29, 1.82) is 0 Å². The summed E-state index contributed by atoms with van der Waals surface area (Å²) in [4.78, 5) is 17.0. The molecule has 6 heteroatoms. The molecule has 1 N–H and O–H groups in total. The Kier molecular flexibility index (Phi) is 5.67. The van der Waals surface area contributed by atoms with Crippen LogP contribution in [-0.4, -0.2) is 29.9 Å². The highest BCUT2D eigenvalue weighted by atomic mass is 32.2. The van der Waals surface area contributed by atoms with E-state index in [0.717, 1.165) is 45.0 Å². The summed E-state index contributed by atoms with van der Waals surface area (Å²) in [5.74, 6) is 1.83. The quantitative estimate of drug-likeness (QED) is 0.641. The summed E-state index contributed by atoms with van der Waals surface area (Å²) < 4.78 is 11.3. The lowest BCUT2D eigenvalue weighted by molar-refractivity contribution is -0.118. The largest absolute Gasteiger partial charge is 0.486 e. The van der Waals surface area contributed by atoms with E-state index in [0.29, 0.717) is 25.5 Å². The Balaban J connectivity index is 1.47. The van der Waals surface area contributed by atoms with E-state index in [1.54, 1.807) is 0 Å². The second kappa shape index (κ2) is 8.52. The molecule has 0 unspecified atom stereocenters. The second-order valence-electron chi connectivity index (χ2n) is 6.55. The first-order valence-electron chi connectivity index (χ1n) is 9.39. The van der Waals surface area contributed by atoms with Gasteiger partial charge in [-0.05, 0) is 29.7 Å². The molecule has 0 atom stereocenters. The van der Waals surface area contributed by atoms with Crippen LogP contribution >= 0.6 is 11.8 Å². The summed E-state index contributed by atoms with van der Waals surface area (Å²) in [6.07, 6.45) is 0.853. The number of thioether (sulfide) groups is 1. The maximum absolute atomic E-state index is 12.2. The van der Waals surface area contributed by atoms with Gasteiger partial charge in [-0.3, -0.25) is 4.79 Å². The Morgan fingerprint density at radius 1 is 1.11 bits per heavy atom. The van der Waals surface area contributed by atoms with Crippen molar-refractivity contribution in [3.8, 4) is 11.5 Å². The SMILES string of the molecule is CCc1cc2cc3c(cc2nc1SCC(=O)NCc1ccccc1)OCCO3. The molecule has 0 spiro atoms. The van der Waals surface area contributed by atoms with Crippen molar-refractivity contribution in [1.82, 2.24) is 10.3 Å². The van der Waals surface area contributed by atoms with Crippen molar-refractivity contribution in [2.24, 2.45) is 0 Å². The Bertz CT molecular complexity index is 992. The number of nitrogens with zero attached hydrogens (tertiary/aromatic N) is 1. The average Bonchev–Trinajstić information content (AvgIpc) is 2.74. The molecule has 3 aromatic rings. The number of aromatic nitrogens is 1.